The first kappa shape index (κ1) is 22.4. The summed E-state index contributed by atoms with van der Waals surface area (Å²) < 4.78 is 52.3. The highest BCUT2D eigenvalue weighted by molar-refractivity contribution is 5.88. The molecule has 2 heterocycles. The molecule has 0 unspecified atom stereocenters. The number of anilines is 2. The molecular formula is C20H22F4N6O. The summed E-state index contributed by atoms with van der Waals surface area (Å²) in [7, 11) is 0. The first-order valence-electron chi connectivity index (χ1n) is 9.64. The number of aromatic nitrogens is 3. The lowest BCUT2D eigenvalue weighted by molar-refractivity contribution is -0.0592. The van der Waals surface area contributed by atoms with Crippen molar-refractivity contribution in [1.29, 1.82) is 0 Å². The number of halogens is 4. The standard InChI is InChI=1S/C20H22F4N6O/c1-3-16(26-14(2)20(22,23)24)12-30-13-25-18(27-19(30)31)29-10-8-28(9-11-29)17-6-4-15(21)5-7-17/h3-7,13H,8-12H2,1-2H3/b16-3-,26-14?. The van der Waals surface area contributed by atoms with Gasteiger partial charge in [-0.1, -0.05) is 6.08 Å². The van der Waals surface area contributed by atoms with Crippen LogP contribution < -0.4 is 15.5 Å². The molecule has 0 atom stereocenters. The van der Waals surface area contributed by atoms with Crippen molar-refractivity contribution < 1.29 is 17.6 Å². The minimum Gasteiger partial charge on any atom is -0.368 e. The number of hydrogen-bond donors (Lipinski definition) is 0. The van der Waals surface area contributed by atoms with Crippen LogP contribution in [-0.4, -0.2) is 52.6 Å². The topological polar surface area (TPSA) is 66.6 Å². The fourth-order valence-corrected chi connectivity index (χ4v) is 3.07. The van der Waals surface area contributed by atoms with Gasteiger partial charge in [-0.2, -0.15) is 18.2 Å². The van der Waals surface area contributed by atoms with Crippen LogP contribution in [0.1, 0.15) is 13.8 Å². The van der Waals surface area contributed by atoms with E-state index in [-0.39, 0.29) is 24.0 Å². The number of rotatable bonds is 5. The Hall–Kier alpha value is -3.24. The van der Waals surface area contributed by atoms with E-state index in [1.165, 1.54) is 24.5 Å². The molecule has 0 radical (unpaired) electrons. The molecule has 0 spiro atoms. The van der Waals surface area contributed by atoms with Crippen molar-refractivity contribution >= 4 is 17.3 Å². The van der Waals surface area contributed by atoms with Crippen molar-refractivity contribution in [2.75, 3.05) is 36.0 Å². The Bertz CT molecular complexity index is 1020. The van der Waals surface area contributed by atoms with Crippen LogP contribution in [0, 0.1) is 5.82 Å². The predicted octanol–water partition coefficient (Wildman–Crippen LogP) is 3.03. The first-order valence-corrected chi connectivity index (χ1v) is 9.64. The van der Waals surface area contributed by atoms with Gasteiger partial charge in [-0.25, -0.2) is 14.2 Å². The zero-order chi connectivity index (χ0) is 22.6. The normalized spacial score (nSPS) is 16.1. The van der Waals surface area contributed by atoms with Crippen LogP contribution in [-0.2, 0) is 6.54 Å². The van der Waals surface area contributed by atoms with Gasteiger partial charge in [0, 0.05) is 31.9 Å². The average molecular weight is 438 g/mol. The molecular weight excluding hydrogens is 416 g/mol. The first-order chi connectivity index (χ1) is 14.7. The third-order valence-corrected chi connectivity index (χ3v) is 4.90. The van der Waals surface area contributed by atoms with E-state index in [0.717, 1.165) is 17.2 Å². The van der Waals surface area contributed by atoms with Crippen LogP contribution in [0.5, 0.6) is 0 Å². The van der Waals surface area contributed by atoms with E-state index >= 15 is 0 Å². The third-order valence-electron chi connectivity index (χ3n) is 4.90. The number of hydrogen-bond acceptors (Lipinski definition) is 6. The van der Waals surface area contributed by atoms with Gasteiger partial charge in [0.25, 0.3) is 0 Å². The summed E-state index contributed by atoms with van der Waals surface area (Å²) >= 11 is 0. The number of alkyl halides is 3. The summed E-state index contributed by atoms with van der Waals surface area (Å²) in [5.41, 5.74) is -0.623. The second-order valence-electron chi connectivity index (χ2n) is 6.99. The van der Waals surface area contributed by atoms with Crippen LogP contribution in [0.3, 0.4) is 0 Å². The van der Waals surface area contributed by atoms with Crippen LogP contribution >= 0.6 is 0 Å². The predicted molar refractivity (Wildman–Crippen MR) is 110 cm³/mol. The molecule has 11 heteroatoms. The van der Waals surface area contributed by atoms with Gasteiger partial charge < -0.3 is 9.80 Å². The van der Waals surface area contributed by atoms with Gasteiger partial charge in [0.1, 0.15) is 17.9 Å². The van der Waals surface area contributed by atoms with E-state index in [1.54, 1.807) is 19.1 Å². The van der Waals surface area contributed by atoms with E-state index in [2.05, 4.69) is 19.9 Å². The molecule has 1 saturated heterocycles. The average Bonchev–Trinajstić information content (AvgIpc) is 2.74. The molecule has 1 aromatic carbocycles. The minimum atomic E-state index is -4.53. The number of benzene rings is 1. The second-order valence-corrected chi connectivity index (χ2v) is 6.99. The summed E-state index contributed by atoms with van der Waals surface area (Å²) in [5, 5.41) is 0. The van der Waals surface area contributed by atoms with Gasteiger partial charge in [0.05, 0.1) is 12.2 Å². The zero-order valence-electron chi connectivity index (χ0n) is 17.1. The van der Waals surface area contributed by atoms with E-state index < -0.39 is 17.6 Å². The highest BCUT2D eigenvalue weighted by Gasteiger charge is 2.32. The van der Waals surface area contributed by atoms with Crippen molar-refractivity contribution in [3.63, 3.8) is 0 Å². The Morgan fingerprint density at radius 3 is 2.29 bits per heavy atom. The molecule has 3 rings (SSSR count). The molecule has 1 aromatic heterocycles. The van der Waals surface area contributed by atoms with E-state index in [4.69, 9.17) is 0 Å². The Morgan fingerprint density at radius 2 is 1.74 bits per heavy atom. The Kier molecular flexibility index (Phi) is 6.71. The molecule has 1 aliphatic heterocycles. The van der Waals surface area contributed by atoms with Gasteiger partial charge in [-0.3, -0.25) is 9.56 Å². The highest BCUT2D eigenvalue weighted by atomic mass is 19.4. The Labute approximate surface area is 176 Å². The third kappa shape index (κ3) is 5.68. The van der Waals surface area contributed by atoms with Crippen molar-refractivity contribution in [1.82, 2.24) is 14.5 Å². The molecule has 0 bridgehead atoms. The maximum Gasteiger partial charge on any atom is 0.429 e. The van der Waals surface area contributed by atoms with Crippen LogP contribution in [0.2, 0.25) is 0 Å². The molecule has 0 N–H and O–H groups in total. The lowest BCUT2D eigenvalue weighted by Crippen LogP contribution is -2.47. The van der Waals surface area contributed by atoms with Gasteiger partial charge in [-0.05, 0) is 38.1 Å². The molecule has 1 aliphatic rings. The smallest absolute Gasteiger partial charge is 0.368 e. The van der Waals surface area contributed by atoms with Gasteiger partial charge in [0.15, 0.2) is 0 Å². The van der Waals surface area contributed by atoms with Crippen molar-refractivity contribution in [2.45, 2.75) is 26.6 Å². The van der Waals surface area contributed by atoms with Crippen LogP contribution in [0.4, 0.5) is 29.2 Å². The summed E-state index contributed by atoms with van der Waals surface area (Å²) in [4.78, 5) is 28.1. The number of aliphatic imine (C=N–C) groups is 1. The number of allylic oxidation sites excluding steroid dienone is 2. The van der Waals surface area contributed by atoms with Crippen LogP contribution in [0.15, 0.2) is 52.2 Å². The molecule has 0 amide bonds. The summed E-state index contributed by atoms with van der Waals surface area (Å²) in [6, 6.07) is 6.24. The molecule has 2 aromatic rings. The second kappa shape index (κ2) is 9.27. The lowest BCUT2D eigenvalue weighted by atomic mass is 10.2. The minimum absolute atomic E-state index is 0.0844. The van der Waals surface area contributed by atoms with E-state index in [0.29, 0.717) is 26.2 Å². The molecule has 7 nitrogen and oxygen atoms in total. The van der Waals surface area contributed by atoms with Crippen molar-refractivity contribution in [2.24, 2.45) is 4.99 Å². The SMILES string of the molecule is C/C=C(/Cn1cnc(N2CCN(c3ccc(F)cc3)CC2)nc1=O)N=C(C)C(F)(F)F. The van der Waals surface area contributed by atoms with E-state index in [9.17, 15) is 22.4 Å². The van der Waals surface area contributed by atoms with E-state index in [1.807, 2.05) is 4.90 Å². The highest BCUT2D eigenvalue weighted by Crippen LogP contribution is 2.20. The molecule has 31 heavy (non-hydrogen) atoms. The molecule has 1 fully saturated rings. The van der Waals surface area contributed by atoms with Crippen molar-refractivity contribution in [3.05, 3.63) is 58.7 Å². The molecule has 166 valence electrons. The van der Waals surface area contributed by atoms with Crippen LogP contribution in [0.25, 0.3) is 0 Å². The number of nitrogens with zero attached hydrogens (tertiary/aromatic N) is 6. The number of piperazine rings is 1. The maximum atomic E-state index is 13.1. The summed E-state index contributed by atoms with van der Waals surface area (Å²) in [5.74, 6) is -0.0336. The van der Waals surface area contributed by atoms with Crippen molar-refractivity contribution in [3.8, 4) is 0 Å². The summed E-state index contributed by atoms with van der Waals surface area (Å²) in [6.07, 6.45) is -1.86. The maximum absolute atomic E-state index is 13.1. The van der Waals surface area contributed by atoms with Gasteiger partial charge >= 0.3 is 11.9 Å². The quantitative estimate of drug-likeness (QED) is 0.530. The largest absolute Gasteiger partial charge is 0.429 e. The van der Waals surface area contributed by atoms with Gasteiger partial charge in [0.2, 0.25) is 5.95 Å². The van der Waals surface area contributed by atoms with Gasteiger partial charge in [-0.15, -0.1) is 0 Å². The Balaban J connectivity index is 1.66. The Morgan fingerprint density at radius 1 is 1.13 bits per heavy atom. The lowest BCUT2D eigenvalue weighted by Gasteiger charge is -2.36. The molecule has 0 saturated carbocycles. The summed E-state index contributed by atoms with van der Waals surface area (Å²) in [6.45, 7) is 4.67. The molecule has 0 aliphatic carbocycles. The fraction of sp³-hybridized carbons (Fsp3) is 0.400. The fourth-order valence-electron chi connectivity index (χ4n) is 3.07. The zero-order valence-corrected chi connectivity index (χ0v) is 17.1. The monoisotopic (exact) mass is 438 g/mol.